The minimum atomic E-state index is -0.233. The van der Waals surface area contributed by atoms with E-state index in [1.54, 1.807) is 12.1 Å². The van der Waals surface area contributed by atoms with Crippen molar-refractivity contribution in [1.82, 2.24) is 4.98 Å². The number of aromatic amines is 1. The molecule has 19 heavy (non-hydrogen) atoms. The predicted octanol–water partition coefficient (Wildman–Crippen LogP) is 4.56. The Morgan fingerprint density at radius 1 is 0.842 bits per heavy atom. The maximum Gasteiger partial charge on any atom is 0.123 e. The van der Waals surface area contributed by atoms with Crippen LogP contribution in [0.1, 0.15) is 0 Å². The first-order valence-corrected chi connectivity index (χ1v) is 6.08. The molecule has 2 N–H and O–H groups in total. The summed E-state index contributed by atoms with van der Waals surface area (Å²) in [7, 11) is 0. The van der Waals surface area contributed by atoms with Crippen LogP contribution in [0.15, 0.2) is 66.9 Å². The second-order valence-electron chi connectivity index (χ2n) is 4.26. The van der Waals surface area contributed by atoms with Crippen LogP contribution in [0.25, 0.3) is 11.3 Å². The van der Waals surface area contributed by atoms with E-state index in [0.717, 1.165) is 22.6 Å². The number of nitrogens with one attached hydrogen (secondary N) is 2. The van der Waals surface area contributed by atoms with Gasteiger partial charge in [0.05, 0.1) is 11.4 Å². The average Bonchev–Trinajstić information content (AvgIpc) is 2.90. The van der Waals surface area contributed by atoms with Crippen LogP contribution in [0.2, 0.25) is 0 Å². The third-order valence-corrected chi connectivity index (χ3v) is 2.93. The minimum Gasteiger partial charge on any atom is -0.359 e. The van der Waals surface area contributed by atoms with Crippen molar-refractivity contribution in [3.8, 4) is 11.3 Å². The second kappa shape index (κ2) is 4.98. The third-order valence-electron chi connectivity index (χ3n) is 2.93. The summed E-state index contributed by atoms with van der Waals surface area (Å²) >= 11 is 0. The van der Waals surface area contributed by atoms with Gasteiger partial charge in [-0.05, 0) is 30.3 Å². The average molecular weight is 252 g/mol. The Hall–Kier alpha value is -2.55. The van der Waals surface area contributed by atoms with Crippen molar-refractivity contribution in [2.75, 3.05) is 5.32 Å². The van der Waals surface area contributed by atoms with E-state index in [1.165, 1.54) is 12.1 Å². The van der Waals surface area contributed by atoms with Crippen molar-refractivity contribution in [2.24, 2.45) is 0 Å². The van der Waals surface area contributed by atoms with Gasteiger partial charge in [0.25, 0.3) is 0 Å². The van der Waals surface area contributed by atoms with Gasteiger partial charge in [0.2, 0.25) is 0 Å². The molecule has 0 saturated heterocycles. The van der Waals surface area contributed by atoms with E-state index in [0.29, 0.717) is 0 Å². The van der Waals surface area contributed by atoms with Crippen molar-refractivity contribution in [3.05, 3.63) is 72.7 Å². The Bertz CT molecular complexity index is 657. The Morgan fingerprint density at radius 2 is 1.58 bits per heavy atom. The fourth-order valence-electron chi connectivity index (χ4n) is 2.01. The second-order valence-corrected chi connectivity index (χ2v) is 4.26. The van der Waals surface area contributed by atoms with Crippen molar-refractivity contribution in [1.29, 1.82) is 0 Å². The van der Waals surface area contributed by atoms with Crippen LogP contribution in [0.4, 0.5) is 15.8 Å². The van der Waals surface area contributed by atoms with Gasteiger partial charge in [-0.15, -0.1) is 0 Å². The van der Waals surface area contributed by atoms with E-state index in [4.69, 9.17) is 0 Å². The van der Waals surface area contributed by atoms with Crippen molar-refractivity contribution in [3.63, 3.8) is 0 Å². The molecule has 3 aromatic rings. The fraction of sp³-hybridized carbons (Fsp3) is 0. The zero-order valence-corrected chi connectivity index (χ0v) is 10.2. The van der Waals surface area contributed by atoms with E-state index < -0.39 is 0 Å². The molecule has 3 heteroatoms. The lowest BCUT2D eigenvalue weighted by atomic mass is 10.1. The van der Waals surface area contributed by atoms with Crippen molar-refractivity contribution in [2.45, 2.75) is 0 Å². The number of benzene rings is 2. The number of hydrogen-bond acceptors (Lipinski definition) is 1. The van der Waals surface area contributed by atoms with E-state index in [-0.39, 0.29) is 5.82 Å². The molecule has 1 aromatic heterocycles. The molecule has 0 bridgehead atoms. The molecule has 2 nitrogen and oxygen atoms in total. The highest BCUT2D eigenvalue weighted by Crippen LogP contribution is 2.28. The molecule has 0 saturated carbocycles. The Morgan fingerprint density at radius 3 is 2.32 bits per heavy atom. The quantitative estimate of drug-likeness (QED) is 0.702. The number of anilines is 2. The fourth-order valence-corrected chi connectivity index (χ4v) is 2.01. The highest BCUT2D eigenvalue weighted by atomic mass is 19.1. The summed E-state index contributed by atoms with van der Waals surface area (Å²) in [5.74, 6) is -0.233. The molecule has 2 aromatic carbocycles. The standard InChI is InChI=1S/C16H13FN2/c17-13-6-8-14(9-7-13)19-15-10-11-18-16(15)12-4-2-1-3-5-12/h1-11,18-19H. The molecule has 0 fully saturated rings. The van der Waals surface area contributed by atoms with Crippen LogP contribution in [-0.4, -0.2) is 4.98 Å². The zero-order chi connectivity index (χ0) is 13.1. The molecule has 0 radical (unpaired) electrons. The lowest BCUT2D eigenvalue weighted by Crippen LogP contribution is -1.91. The lowest BCUT2D eigenvalue weighted by molar-refractivity contribution is 0.628. The largest absolute Gasteiger partial charge is 0.359 e. The van der Waals surface area contributed by atoms with E-state index in [2.05, 4.69) is 10.3 Å². The number of aromatic nitrogens is 1. The Kier molecular flexibility index (Phi) is 3.02. The van der Waals surface area contributed by atoms with Crippen LogP contribution < -0.4 is 5.32 Å². The summed E-state index contributed by atoms with van der Waals surface area (Å²) in [5.41, 5.74) is 3.96. The number of H-pyrrole nitrogens is 1. The monoisotopic (exact) mass is 252 g/mol. The van der Waals surface area contributed by atoms with Crippen LogP contribution in [0, 0.1) is 5.82 Å². The molecule has 94 valence electrons. The summed E-state index contributed by atoms with van der Waals surface area (Å²) in [6, 6.07) is 18.4. The van der Waals surface area contributed by atoms with Crippen LogP contribution in [-0.2, 0) is 0 Å². The van der Waals surface area contributed by atoms with Gasteiger partial charge in [-0.2, -0.15) is 0 Å². The van der Waals surface area contributed by atoms with Crippen molar-refractivity contribution < 1.29 is 4.39 Å². The normalized spacial score (nSPS) is 10.4. The van der Waals surface area contributed by atoms with Gasteiger partial charge in [-0.1, -0.05) is 30.3 Å². The van der Waals surface area contributed by atoms with Crippen LogP contribution in [0.5, 0.6) is 0 Å². The first-order chi connectivity index (χ1) is 9.33. The Labute approximate surface area is 110 Å². The summed E-state index contributed by atoms with van der Waals surface area (Å²) in [5, 5.41) is 3.28. The minimum absolute atomic E-state index is 0.233. The third kappa shape index (κ3) is 2.50. The van der Waals surface area contributed by atoms with E-state index in [1.807, 2.05) is 42.6 Å². The number of rotatable bonds is 3. The first kappa shape index (κ1) is 11.5. The summed E-state index contributed by atoms with van der Waals surface area (Å²) < 4.78 is 12.9. The molecular weight excluding hydrogens is 239 g/mol. The molecule has 0 amide bonds. The SMILES string of the molecule is Fc1ccc(Nc2cc[nH]c2-c2ccccc2)cc1. The first-order valence-electron chi connectivity index (χ1n) is 6.08. The molecule has 0 unspecified atom stereocenters. The van der Waals surface area contributed by atoms with E-state index >= 15 is 0 Å². The highest BCUT2D eigenvalue weighted by molar-refractivity contribution is 5.78. The van der Waals surface area contributed by atoms with Gasteiger partial charge in [0.1, 0.15) is 5.82 Å². The molecule has 1 heterocycles. The molecule has 0 atom stereocenters. The van der Waals surface area contributed by atoms with E-state index in [9.17, 15) is 4.39 Å². The molecule has 0 aliphatic rings. The molecule has 0 aliphatic carbocycles. The molecule has 0 spiro atoms. The predicted molar refractivity (Wildman–Crippen MR) is 75.9 cm³/mol. The molecule has 0 aliphatic heterocycles. The van der Waals surface area contributed by atoms with Crippen molar-refractivity contribution >= 4 is 11.4 Å². The van der Waals surface area contributed by atoms with Gasteiger partial charge in [0, 0.05) is 17.4 Å². The maximum absolute atomic E-state index is 12.9. The molecular formula is C16H13FN2. The lowest BCUT2D eigenvalue weighted by Gasteiger charge is -2.08. The van der Waals surface area contributed by atoms with Crippen LogP contribution >= 0.6 is 0 Å². The summed E-state index contributed by atoms with van der Waals surface area (Å²) in [6.45, 7) is 0. The zero-order valence-electron chi connectivity index (χ0n) is 10.2. The summed E-state index contributed by atoms with van der Waals surface area (Å²) in [4.78, 5) is 3.22. The van der Waals surface area contributed by atoms with Gasteiger partial charge < -0.3 is 10.3 Å². The summed E-state index contributed by atoms with van der Waals surface area (Å²) in [6.07, 6.45) is 1.88. The smallest absolute Gasteiger partial charge is 0.123 e. The van der Waals surface area contributed by atoms with Gasteiger partial charge in [-0.25, -0.2) is 4.39 Å². The number of hydrogen-bond donors (Lipinski definition) is 2. The highest BCUT2D eigenvalue weighted by Gasteiger charge is 2.06. The van der Waals surface area contributed by atoms with Gasteiger partial charge >= 0.3 is 0 Å². The number of halogens is 1. The molecule has 3 rings (SSSR count). The van der Waals surface area contributed by atoms with Crippen LogP contribution in [0.3, 0.4) is 0 Å². The topological polar surface area (TPSA) is 27.8 Å². The Balaban J connectivity index is 1.91. The van der Waals surface area contributed by atoms with Gasteiger partial charge in [-0.3, -0.25) is 0 Å². The maximum atomic E-state index is 12.9. The van der Waals surface area contributed by atoms with Gasteiger partial charge in [0.15, 0.2) is 0 Å².